The van der Waals surface area contributed by atoms with Crippen LogP contribution in [-0.2, 0) is 9.59 Å². The summed E-state index contributed by atoms with van der Waals surface area (Å²) in [5.74, 6) is -1.33. The van der Waals surface area contributed by atoms with Crippen molar-refractivity contribution in [3.8, 4) is 0 Å². The molecule has 0 radical (unpaired) electrons. The van der Waals surface area contributed by atoms with Crippen molar-refractivity contribution in [3.05, 3.63) is 29.3 Å². The molecule has 0 aromatic heterocycles. The average molecular weight is 241 g/mol. The van der Waals surface area contributed by atoms with Crippen molar-refractivity contribution in [2.45, 2.75) is 19.9 Å². The second kappa shape index (κ2) is 5.51. The van der Waals surface area contributed by atoms with E-state index in [0.29, 0.717) is 10.7 Å². The summed E-state index contributed by atoms with van der Waals surface area (Å²) in [5.41, 5.74) is 0.535. The van der Waals surface area contributed by atoms with E-state index < -0.39 is 11.8 Å². The van der Waals surface area contributed by atoms with E-state index in [0.717, 1.165) is 0 Å². The molecule has 2 N–H and O–H groups in total. The molecular weight excluding hydrogens is 228 g/mol. The number of hydrogen-bond acceptors (Lipinski definition) is 2. The maximum Gasteiger partial charge on any atom is 0.313 e. The van der Waals surface area contributed by atoms with Crippen LogP contribution >= 0.6 is 11.6 Å². The van der Waals surface area contributed by atoms with Gasteiger partial charge in [-0.2, -0.15) is 0 Å². The topological polar surface area (TPSA) is 58.2 Å². The van der Waals surface area contributed by atoms with E-state index in [1.807, 2.05) is 0 Å². The number of hydrogen-bond donors (Lipinski definition) is 2. The van der Waals surface area contributed by atoms with Gasteiger partial charge in [0.25, 0.3) is 0 Å². The predicted octanol–water partition coefficient (Wildman–Crippen LogP) is 1.80. The van der Waals surface area contributed by atoms with Gasteiger partial charge in [-0.05, 0) is 38.1 Å². The molecule has 0 aliphatic carbocycles. The molecule has 0 saturated carbocycles. The highest BCUT2D eigenvalue weighted by Gasteiger charge is 2.13. The first kappa shape index (κ1) is 12.5. The number of carbonyl (C=O) groups is 2. The highest BCUT2D eigenvalue weighted by Crippen LogP contribution is 2.13. The van der Waals surface area contributed by atoms with Gasteiger partial charge in [-0.15, -0.1) is 0 Å². The molecule has 1 rings (SSSR count). The third-order valence-electron chi connectivity index (χ3n) is 1.73. The van der Waals surface area contributed by atoms with Crippen molar-refractivity contribution in [3.63, 3.8) is 0 Å². The van der Waals surface area contributed by atoms with Crippen LogP contribution in [0.1, 0.15) is 13.8 Å². The fraction of sp³-hybridized carbons (Fsp3) is 0.273. The lowest BCUT2D eigenvalue weighted by molar-refractivity contribution is -0.136. The molecule has 86 valence electrons. The van der Waals surface area contributed by atoms with Crippen molar-refractivity contribution in [2.75, 3.05) is 5.32 Å². The molecule has 0 unspecified atom stereocenters. The van der Waals surface area contributed by atoms with E-state index in [9.17, 15) is 9.59 Å². The summed E-state index contributed by atoms with van der Waals surface area (Å²) in [7, 11) is 0. The quantitative estimate of drug-likeness (QED) is 0.775. The number of anilines is 1. The summed E-state index contributed by atoms with van der Waals surface area (Å²) in [5, 5.41) is 5.54. The Kier molecular flexibility index (Phi) is 4.31. The van der Waals surface area contributed by atoms with E-state index in [1.165, 1.54) is 0 Å². The molecule has 0 fully saturated rings. The minimum absolute atomic E-state index is 0.0662. The molecule has 1 aromatic carbocycles. The molecule has 0 saturated heterocycles. The number of benzene rings is 1. The molecule has 0 heterocycles. The van der Waals surface area contributed by atoms with Gasteiger partial charge in [-0.25, -0.2) is 0 Å². The monoisotopic (exact) mass is 240 g/mol. The second-order valence-corrected chi connectivity index (χ2v) is 4.03. The Morgan fingerprint density at radius 3 is 2.19 bits per heavy atom. The summed E-state index contributed by atoms with van der Waals surface area (Å²) < 4.78 is 0. The van der Waals surface area contributed by atoms with Crippen molar-refractivity contribution in [2.24, 2.45) is 0 Å². The third kappa shape index (κ3) is 3.90. The van der Waals surface area contributed by atoms with E-state index in [1.54, 1.807) is 38.1 Å². The molecule has 0 bridgehead atoms. The Bertz CT molecular complexity index is 387. The number of nitrogens with one attached hydrogen (secondary N) is 2. The van der Waals surface area contributed by atoms with Crippen LogP contribution in [0.15, 0.2) is 24.3 Å². The smallest absolute Gasteiger partial charge is 0.313 e. The van der Waals surface area contributed by atoms with Crippen LogP contribution in [0.3, 0.4) is 0 Å². The van der Waals surface area contributed by atoms with Gasteiger partial charge >= 0.3 is 11.8 Å². The standard InChI is InChI=1S/C11H13ClN2O2/c1-7(2)13-10(15)11(16)14-9-5-3-8(12)4-6-9/h3-7H,1-2H3,(H,13,15)(H,14,16). The van der Waals surface area contributed by atoms with E-state index >= 15 is 0 Å². The molecule has 0 aliphatic heterocycles. The van der Waals surface area contributed by atoms with Gasteiger partial charge in [-0.1, -0.05) is 11.6 Å². The van der Waals surface area contributed by atoms with Crippen molar-refractivity contribution in [1.29, 1.82) is 0 Å². The summed E-state index contributed by atoms with van der Waals surface area (Å²) >= 11 is 5.69. The van der Waals surface area contributed by atoms with E-state index in [-0.39, 0.29) is 6.04 Å². The molecule has 4 nitrogen and oxygen atoms in total. The van der Waals surface area contributed by atoms with Gasteiger partial charge in [0, 0.05) is 16.8 Å². The van der Waals surface area contributed by atoms with Crippen molar-refractivity contribution < 1.29 is 9.59 Å². The zero-order chi connectivity index (χ0) is 12.1. The Hall–Kier alpha value is -1.55. The molecule has 1 aromatic rings. The lowest BCUT2D eigenvalue weighted by atomic mass is 10.3. The maximum atomic E-state index is 11.4. The number of carbonyl (C=O) groups excluding carboxylic acids is 2. The highest BCUT2D eigenvalue weighted by atomic mass is 35.5. The number of amides is 2. The van der Waals surface area contributed by atoms with Crippen LogP contribution in [-0.4, -0.2) is 17.9 Å². The van der Waals surface area contributed by atoms with Gasteiger partial charge in [0.05, 0.1) is 0 Å². The SMILES string of the molecule is CC(C)NC(=O)C(=O)Nc1ccc(Cl)cc1. The van der Waals surface area contributed by atoms with Crippen LogP contribution in [0.25, 0.3) is 0 Å². The minimum atomic E-state index is -0.684. The van der Waals surface area contributed by atoms with Gasteiger partial charge in [0.1, 0.15) is 0 Å². The van der Waals surface area contributed by atoms with Gasteiger partial charge in [0.2, 0.25) is 0 Å². The van der Waals surface area contributed by atoms with Crippen LogP contribution < -0.4 is 10.6 Å². The second-order valence-electron chi connectivity index (χ2n) is 3.59. The van der Waals surface area contributed by atoms with Gasteiger partial charge < -0.3 is 10.6 Å². The molecule has 0 spiro atoms. The van der Waals surface area contributed by atoms with Crippen LogP contribution in [0, 0.1) is 0 Å². The van der Waals surface area contributed by atoms with Crippen LogP contribution in [0.4, 0.5) is 5.69 Å². The summed E-state index contributed by atoms with van der Waals surface area (Å²) in [4.78, 5) is 22.7. The first-order chi connectivity index (χ1) is 7.49. The third-order valence-corrected chi connectivity index (χ3v) is 1.98. The van der Waals surface area contributed by atoms with E-state index in [2.05, 4.69) is 10.6 Å². The molecule has 5 heteroatoms. The molecule has 0 atom stereocenters. The van der Waals surface area contributed by atoms with Gasteiger partial charge in [0.15, 0.2) is 0 Å². The minimum Gasteiger partial charge on any atom is -0.346 e. The van der Waals surface area contributed by atoms with Crippen molar-refractivity contribution in [1.82, 2.24) is 5.32 Å². The lowest BCUT2D eigenvalue weighted by Crippen LogP contribution is -2.39. The zero-order valence-corrected chi connectivity index (χ0v) is 9.84. The first-order valence-electron chi connectivity index (χ1n) is 4.86. The normalized spacial score (nSPS) is 10.0. The van der Waals surface area contributed by atoms with Crippen LogP contribution in [0.5, 0.6) is 0 Å². The predicted molar refractivity (Wildman–Crippen MR) is 63.4 cm³/mol. The number of rotatable bonds is 2. The largest absolute Gasteiger partial charge is 0.346 e. The number of halogens is 1. The first-order valence-corrected chi connectivity index (χ1v) is 5.24. The zero-order valence-electron chi connectivity index (χ0n) is 9.08. The Morgan fingerprint density at radius 2 is 1.69 bits per heavy atom. The Labute approximate surface area is 99.0 Å². The van der Waals surface area contributed by atoms with Crippen molar-refractivity contribution >= 4 is 29.1 Å². The molecular formula is C11H13ClN2O2. The Balaban J connectivity index is 2.57. The fourth-order valence-electron chi connectivity index (χ4n) is 1.05. The molecule has 2 amide bonds. The van der Waals surface area contributed by atoms with E-state index in [4.69, 9.17) is 11.6 Å². The maximum absolute atomic E-state index is 11.4. The fourth-order valence-corrected chi connectivity index (χ4v) is 1.17. The summed E-state index contributed by atoms with van der Waals surface area (Å²) in [6, 6.07) is 6.46. The lowest BCUT2D eigenvalue weighted by Gasteiger charge is -2.08. The van der Waals surface area contributed by atoms with Gasteiger partial charge in [-0.3, -0.25) is 9.59 Å². The Morgan fingerprint density at radius 1 is 1.12 bits per heavy atom. The van der Waals surface area contributed by atoms with Crippen LogP contribution in [0.2, 0.25) is 5.02 Å². The summed E-state index contributed by atoms with van der Waals surface area (Å²) in [6.07, 6.45) is 0. The average Bonchev–Trinajstić information content (AvgIpc) is 2.20. The molecule has 0 aliphatic rings. The molecule has 16 heavy (non-hydrogen) atoms. The highest BCUT2D eigenvalue weighted by molar-refractivity contribution is 6.39. The summed E-state index contributed by atoms with van der Waals surface area (Å²) in [6.45, 7) is 3.57.